The van der Waals surface area contributed by atoms with Crippen LogP contribution in [0.25, 0.3) is 0 Å². The molecule has 0 bridgehead atoms. The second kappa shape index (κ2) is 9.20. The van der Waals surface area contributed by atoms with E-state index in [1.54, 1.807) is 18.2 Å². The summed E-state index contributed by atoms with van der Waals surface area (Å²) in [6.07, 6.45) is 0. The Hall–Kier alpha value is -2.60. The van der Waals surface area contributed by atoms with Gasteiger partial charge in [-0.1, -0.05) is 30.3 Å². The molecule has 0 heterocycles. The first-order valence-corrected chi connectivity index (χ1v) is 8.79. The van der Waals surface area contributed by atoms with Crippen LogP contribution in [0.3, 0.4) is 0 Å². The molecule has 0 spiro atoms. The molecule has 0 aliphatic heterocycles. The molecule has 0 aliphatic carbocycles. The van der Waals surface area contributed by atoms with Gasteiger partial charge in [-0.3, -0.25) is 10.1 Å². The second-order valence-electron chi connectivity index (χ2n) is 6.66. The lowest BCUT2D eigenvalue weighted by atomic mass is 10.1. The fraction of sp³-hybridized carbons (Fsp3) is 0.300. The average Bonchev–Trinajstić information content (AvgIpc) is 2.58. The topological polar surface area (TPSA) is 59.6 Å². The zero-order chi connectivity index (χ0) is 19.0. The van der Waals surface area contributed by atoms with Crippen molar-refractivity contribution >= 4 is 23.2 Å². The predicted molar refractivity (Wildman–Crippen MR) is 107 cm³/mol. The van der Waals surface area contributed by atoms with Crippen molar-refractivity contribution < 1.29 is 14.3 Å². The van der Waals surface area contributed by atoms with E-state index in [1.165, 1.54) is 0 Å². The number of para-hydroxylation sites is 2. The first kappa shape index (κ1) is 19.7. The minimum Gasteiger partial charge on any atom is -0.490 e. The lowest BCUT2D eigenvalue weighted by molar-refractivity contribution is 0.0971. The van der Waals surface area contributed by atoms with Crippen LogP contribution < -0.4 is 20.1 Å². The number of ether oxygens (including phenoxy) is 2. The van der Waals surface area contributed by atoms with E-state index >= 15 is 0 Å². The van der Waals surface area contributed by atoms with E-state index in [0.717, 1.165) is 5.75 Å². The number of nitrogens with one attached hydrogen (secondary N) is 2. The quantitative estimate of drug-likeness (QED) is 0.600. The molecule has 2 aromatic carbocycles. The van der Waals surface area contributed by atoms with Crippen molar-refractivity contribution in [2.24, 2.45) is 0 Å². The maximum Gasteiger partial charge on any atom is 0.261 e. The van der Waals surface area contributed by atoms with Gasteiger partial charge in [-0.2, -0.15) is 0 Å². The van der Waals surface area contributed by atoms with Crippen molar-refractivity contribution in [3.05, 3.63) is 60.2 Å². The van der Waals surface area contributed by atoms with E-state index in [1.807, 2.05) is 57.2 Å². The fourth-order valence-electron chi connectivity index (χ4n) is 2.15. The third kappa shape index (κ3) is 6.72. The summed E-state index contributed by atoms with van der Waals surface area (Å²) in [5.74, 6) is 0.951. The van der Waals surface area contributed by atoms with Gasteiger partial charge in [0, 0.05) is 5.54 Å². The van der Waals surface area contributed by atoms with Gasteiger partial charge in [-0.05, 0) is 57.3 Å². The summed E-state index contributed by atoms with van der Waals surface area (Å²) in [6, 6.07) is 16.5. The monoisotopic (exact) mass is 372 g/mol. The van der Waals surface area contributed by atoms with E-state index in [4.69, 9.17) is 21.7 Å². The highest BCUT2D eigenvalue weighted by molar-refractivity contribution is 7.80. The Labute approximate surface area is 159 Å². The van der Waals surface area contributed by atoms with Crippen molar-refractivity contribution in [3.63, 3.8) is 0 Å². The lowest BCUT2D eigenvalue weighted by Gasteiger charge is -2.22. The summed E-state index contributed by atoms with van der Waals surface area (Å²) in [5.41, 5.74) is 0.195. The third-order valence-electron chi connectivity index (χ3n) is 3.20. The van der Waals surface area contributed by atoms with Crippen LogP contribution in [0.2, 0.25) is 0 Å². The van der Waals surface area contributed by atoms with Crippen LogP contribution in [0.4, 0.5) is 0 Å². The summed E-state index contributed by atoms with van der Waals surface area (Å²) in [6.45, 7) is 6.60. The molecule has 0 radical (unpaired) electrons. The number of amides is 1. The number of benzene rings is 2. The van der Waals surface area contributed by atoms with Crippen LogP contribution in [-0.2, 0) is 0 Å². The highest BCUT2D eigenvalue weighted by Gasteiger charge is 2.16. The molecule has 6 heteroatoms. The highest BCUT2D eigenvalue weighted by Crippen LogP contribution is 2.18. The summed E-state index contributed by atoms with van der Waals surface area (Å²) in [5, 5.41) is 6.01. The van der Waals surface area contributed by atoms with E-state index in [9.17, 15) is 4.79 Å². The molecule has 1 amide bonds. The van der Waals surface area contributed by atoms with Crippen LogP contribution in [-0.4, -0.2) is 29.8 Å². The molecule has 0 unspecified atom stereocenters. The Balaban J connectivity index is 1.90. The summed E-state index contributed by atoms with van der Waals surface area (Å²) < 4.78 is 11.3. The molecule has 0 saturated heterocycles. The van der Waals surface area contributed by atoms with Gasteiger partial charge in [0.15, 0.2) is 5.11 Å². The van der Waals surface area contributed by atoms with Gasteiger partial charge in [0.05, 0.1) is 5.56 Å². The molecule has 26 heavy (non-hydrogen) atoms. The van der Waals surface area contributed by atoms with Crippen LogP contribution in [0, 0.1) is 0 Å². The molecule has 2 rings (SSSR count). The average molecular weight is 372 g/mol. The van der Waals surface area contributed by atoms with Crippen molar-refractivity contribution in [2.45, 2.75) is 26.3 Å². The summed E-state index contributed by atoms with van der Waals surface area (Å²) in [7, 11) is 0. The van der Waals surface area contributed by atoms with Gasteiger partial charge < -0.3 is 14.8 Å². The van der Waals surface area contributed by atoms with Crippen molar-refractivity contribution in [1.29, 1.82) is 0 Å². The molecule has 2 N–H and O–H groups in total. The zero-order valence-corrected chi connectivity index (χ0v) is 16.1. The Morgan fingerprint density at radius 1 is 0.962 bits per heavy atom. The molecule has 0 atom stereocenters. The van der Waals surface area contributed by atoms with Gasteiger partial charge in [0.2, 0.25) is 0 Å². The number of hydrogen-bond acceptors (Lipinski definition) is 4. The Morgan fingerprint density at radius 2 is 1.58 bits per heavy atom. The minimum atomic E-state index is -0.314. The third-order valence-corrected chi connectivity index (χ3v) is 3.40. The van der Waals surface area contributed by atoms with Gasteiger partial charge in [-0.25, -0.2) is 0 Å². The van der Waals surface area contributed by atoms with Crippen LogP contribution in [0.1, 0.15) is 31.1 Å². The largest absolute Gasteiger partial charge is 0.490 e. The first-order valence-electron chi connectivity index (χ1n) is 8.38. The van der Waals surface area contributed by atoms with Crippen LogP contribution in [0.5, 0.6) is 11.5 Å². The van der Waals surface area contributed by atoms with Crippen LogP contribution in [0.15, 0.2) is 54.6 Å². The SMILES string of the molecule is CC(C)(C)NC(=S)NC(=O)c1ccccc1OCCOc1ccccc1. The normalized spacial score (nSPS) is 10.7. The van der Waals surface area contributed by atoms with Gasteiger partial charge in [0.25, 0.3) is 5.91 Å². The molecular formula is C20H24N2O3S. The molecule has 5 nitrogen and oxygen atoms in total. The Bertz CT molecular complexity index is 742. The molecule has 138 valence electrons. The Kier molecular flexibility index (Phi) is 6.97. The summed E-state index contributed by atoms with van der Waals surface area (Å²) in [4.78, 5) is 12.5. The molecule has 0 fully saturated rings. The lowest BCUT2D eigenvalue weighted by Crippen LogP contribution is -2.48. The molecule has 2 aromatic rings. The van der Waals surface area contributed by atoms with E-state index in [0.29, 0.717) is 24.5 Å². The molecule has 0 saturated carbocycles. The van der Waals surface area contributed by atoms with Gasteiger partial charge in [-0.15, -0.1) is 0 Å². The Morgan fingerprint density at radius 3 is 2.27 bits per heavy atom. The van der Waals surface area contributed by atoms with Crippen molar-refractivity contribution in [2.75, 3.05) is 13.2 Å². The minimum absolute atomic E-state index is 0.227. The van der Waals surface area contributed by atoms with Crippen LogP contribution >= 0.6 is 12.2 Å². The standard InChI is InChI=1S/C20H24N2O3S/c1-20(2,3)22-19(26)21-18(23)16-11-7-8-12-17(16)25-14-13-24-15-9-5-4-6-10-15/h4-12H,13-14H2,1-3H3,(H2,21,22,23,26). The second-order valence-corrected chi connectivity index (χ2v) is 7.07. The predicted octanol–water partition coefficient (Wildman–Crippen LogP) is 3.55. The molecule has 0 aliphatic rings. The number of carbonyl (C=O) groups is 1. The van der Waals surface area contributed by atoms with Gasteiger partial charge >= 0.3 is 0 Å². The molecular weight excluding hydrogens is 348 g/mol. The maximum absolute atomic E-state index is 12.5. The van der Waals surface area contributed by atoms with Gasteiger partial charge in [0.1, 0.15) is 24.7 Å². The van der Waals surface area contributed by atoms with E-state index < -0.39 is 0 Å². The summed E-state index contributed by atoms with van der Waals surface area (Å²) >= 11 is 5.18. The molecule has 0 aromatic heterocycles. The number of hydrogen-bond donors (Lipinski definition) is 2. The van der Waals surface area contributed by atoms with E-state index in [2.05, 4.69) is 10.6 Å². The van der Waals surface area contributed by atoms with E-state index in [-0.39, 0.29) is 16.6 Å². The fourth-order valence-corrected chi connectivity index (χ4v) is 2.55. The van der Waals surface area contributed by atoms with Crippen molar-refractivity contribution in [1.82, 2.24) is 10.6 Å². The number of carbonyl (C=O) groups excluding carboxylic acids is 1. The number of thiocarbonyl (C=S) groups is 1. The highest BCUT2D eigenvalue weighted by atomic mass is 32.1. The maximum atomic E-state index is 12.5. The first-order chi connectivity index (χ1) is 12.3. The smallest absolute Gasteiger partial charge is 0.261 e. The van der Waals surface area contributed by atoms with Crippen molar-refractivity contribution in [3.8, 4) is 11.5 Å². The number of rotatable bonds is 6. The zero-order valence-electron chi connectivity index (χ0n) is 15.2.